The average molecular weight is 247 g/mol. The Morgan fingerprint density at radius 1 is 1.39 bits per heavy atom. The first-order valence-electron chi connectivity index (χ1n) is 6.85. The first-order valence-corrected chi connectivity index (χ1v) is 6.85. The monoisotopic (exact) mass is 247 g/mol. The van der Waals surface area contributed by atoms with E-state index in [2.05, 4.69) is 40.7 Å². The van der Waals surface area contributed by atoms with Crippen LogP contribution in [0.15, 0.2) is 35.3 Å². The largest absolute Gasteiger partial charge is 0.321 e. The zero-order valence-electron chi connectivity index (χ0n) is 12.3. The highest BCUT2D eigenvalue weighted by Gasteiger charge is 2.26. The van der Waals surface area contributed by atoms with Gasteiger partial charge in [0.25, 0.3) is 0 Å². The fourth-order valence-electron chi connectivity index (χ4n) is 2.18. The maximum Gasteiger partial charge on any atom is 0.182 e. The Kier molecular flexibility index (Phi) is 5.39. The van der Waals surface area contributed by atoms with E-state index in [1.165, 1.54) is 11.1 Å². The van der Waals surface area contributed by atoms with E-state index < -0.39 is 0 Å². The van der Waals surface area contributed by atoms with Gasteiger partial charge in [0, 0.05) is 18.3 Å². The van der Waals surface area contributed by atoms with E-state index in [1.54, 1.807) is 0 Å². The molecule has 100 valence electrons. The Hall–Kier alpha value is -1.31. The van der Waals surface area contributed by atoms with Gasteiger partial charge in [0.05, 0.1) is 5.70 Å². The predicted molar refractivity (Wildman–Crippen MR) is 76.8 cm³/mol. The molecule has 1 rings (SSSR count). The van der Waals surface area contributed by atoms with E-state index in [4.69, 9.17) is 0 Å². The maximum absolute atomic E-state index is 12.6. The summed E-state index contributed by atoms with van der Waals surface area (Å²) in [6.07, 6.45) is 8.87. The second-order valence-corrected chi connectivity index (χ2v) is 5.19. The van der Waals surface area contributed by atoms with Crippen molar-refractivity contribution in [2.75, 3.05) is 0 Å². The lowest BCUT2D eigenvalue weighted by molar-refractivity contribution is -0.120. The highest BCUT2D eigenvalue weighted by molar-refractivity contribution is 5.98. The third kappa shape index (κ3) is 3.34. The Balaban J connectivity index is 3.25. The number of hydrogen-bond donors (Lipinski definition) is 0. The molecular formula is C16H25NO. The second kappa shape index (κ2) is 6.58. The molecule has 0 bridgehead atoms. The van der Waals surface area contributed by atoms with Crippen LogP contribution in [-0.2, 0) is 4.79 Å². The van der Waals surface area contributed by atoms with Crippen LogP contribution in [0.2, 0.25) is 0 Å². The van der Waals surface area contributed by atoms with Crippen molar-refractivity contribution in [1.82, 2.24) is 4.90 Å². The van der Waals surface area contributed by atoms with Gasteiger partial charge in [0.2, 0.25) is 0 Å². The summed E-state index contributed by atoms with van der Waals surface area (Å²) in [6, 6.07) is 0. The lowest BCUT2D eigenvalue weighted by atomic mass is 9.93. The summed E-state index contributed by atoms with van der Waals surface area (Å²) < 4.78 is 0. The van der Waals surface area contributed by atoms with Crippen LogP contribution in [0.3, 0.4) is 0 Å². The molecule has 0 spiro atoms. The quantitative estimate of drug-likeness (QED) is 0.688. The SMILES string of the molecule is CC/C(C)=C1\C(=O)[C@@H](CC)CC=CN1C=C(C)C. The molecule has 1 aliphatic rings. The van der Waals surface area contributed by atoms with Crippen LogP contribution in [0.5, 0.6) is 0 Å². The summed E-state index contributed by atoms with van der Waals surface area (Å²) in [7, 11) is 0. The number of carbonyl (C=O) groups excluding carboxylic acids is 1. The molecule has 1 atom stereocenters. The number of hydrogen-bond acceptors (Lipinski definition) is 2. The molecule has 0 aliphatic carbocycles. The molecular weight excluding hydrogens is 222 g/mol. The van der Waals surface area contributed by atoms with Crippen molar-refractivity contribution in [3.63, 3.8) is 0 Å². The van der Waals surface area contributed by atoms with Crippen molar-refractivity contribution in [2.24, 2.45) is 5.92 Å². The van der Waals surface area contributed by atoms with Gasteiger partial charge in [-0.05, 0) is 45.6 Å². The number of nitrogens with zero attached hydrogens (tertiary/aromatic N) is 1. The molecule has 0 N–H and O–H groups in total. The van der Waals surface area contributed by atoms with Crippen LogP contribution in [0.1, 0.15) is 53.9 Å². The second-order valence-electron chi connectivity index (χ2n) is 5.19. The van der Waals surface area contributed by atoms with Gasteiger partial charge in [-0.3, -0.25) is 4.79 Å². The van der Waals surface area contributed by atoms with Crippen LogP contribution in [0.25, 0.3) is 0 Å². The zero-order valence-corrected chi connectivity index (χ0v) is 12.3. The molecule has 0 fully saturated rings. The van der Waals surface area contributed by atoms with Crippen molar-refractivity contribution in [3.05, 3.63) is 35.3 Å². The van der Waals surface area contributed by atoms with E-state index in [9.17, 15) is 4.79 Å². The molecule has 0 radical (unpaired) electrons. The molecule has 2 heteroatoms. The van der Waals surface area contributed by atoms with E-state index in [0.717, 1.165) is 25.0 Å². The summed E-state index contributed by atoms with van der Waals surface area (Å²) in [5, 5.41) is 0. The fraction of sp³-hybridized carbons (Fsp3) is 0.562. The molecule has 0 unspecified atom stereocenters. The Bertz CT molecular complexity index is 397. The third-order valence-corrected chi connectivity index (χ3v) is 3.37. The maximum atomic E-state index is 12.6. The Morgan fingerprint density at radius 2 is 2.06 bits per heavy atom. The summed E-state index contributed by atoms with van der Waals surface area (Å²) in [5.74, 6) is 0.424. The molecule has 0 amide bonds. The summed E-state index contributed by atoms with van der Waals surface area (Å²) in [5.41, 5.74) is 3.24. The van der Waals surface area contributed by atoms with E-state index >= 15 is 0 Å². The standard InChI is InChI=1S/C16H25NO/c1-6-13(5)15-16(18)14(7-2)9-8-10-17(15)11-12(3)4/h8,10-11,14H,6-7,9H2,1-5H3/b15-13+/t14-/m0/s1. The minimum Gasteiger partial charge on any atom is -0.321 e. The first kappa shape index (κ1) is 14.7. The van der Waals surface area contributed by atoms with Crippen LogP contribution in [0, 0.1) is 5.92 Å². The first-order chi connectivity index (χ1) is 8.51. The van der Waals surface area contributed by atoms with Crippen LogP contribution in [-0.4, -0.2) is 10.7 Å². The van der Waals surface area contributed by atoms with E-state index in [1.807, 2.05) is 17.3 Å². The van der Waals surface area contributed by atoms with Crippen molar-refractivity contribution >= 4 is 5.78 Å². The van der Waals surface area contributed by atoms with E-state index in [-0.39, 0.29) is 5.92 Å². The van der Waals surface area contributed by atoms with Gasteiger partial charge < -0.3 is 4.90 Å². The molecule has 1 heterocycles. The smallest absolute Gasteiger partial charge is 0.182 e. The van der Waals surface area contributed by atoms with E-state index in [0.29, 0.717) is 5.78 Å². The molecule has 1 aliphatic heterocycles. The summed E-state index contributed by atoms with van der Waals surface area (Å²) >= 11 is 0. The summed E-state index contributed by atoms with van der Waals surface area (Å²) in [6.45, 7) is 10.4. The lowest BCUT2D eigenvalue weighted by Gasteiger charge is -2.22. The van der Waals surface area contributed by atoms with Crippen molar-refractivity contribution in [2.45, 2.75) is 53.9 Å². The predicted octanol–water partition coefficient (Wildman–Crippen LogP) is 4.41. The minimum atomic E-state index is 0.133. The van der Waals surface area contributed by atoms with Gasteiger partial charge in [-0.15, -0.1) is 0 Å². The number of ketones is 1. The van der Waals surface area contributed by atoms with Crippen LogP contribution in [0.4, 0.5) is 0 Å². The molecule has 0 saturated carbocycles. The fourth-order valence-corrected chi connectivity index (χ4v) is 2.18. The van der Waals surface area contributed by atoms with Gasteiger partial charge >= 0.3 is 0 Å². The average Bonchev–Trinajstić information content (AvgIpc) is 2.47. The van der Waals surface area contributed by atoms with Crippen molar-refractivity contribution in [1.29, 1.82) is 0 Å². The van der Waals surface area contributed by atoms with Gasteiger partial charge in [-0.1, -0.05) is 25.5 Å². The topological polar surface area (TPSA) is 20.3 Å². The molecule has 0 aromatic rings. The van der Waals surface area contributed by atoms with Crippen molar-refractivity contribution in [3.8, 4) is 0 Å². The lowest BCUT2D eigenvalue weighted by Crippen LogP contribution is -2.23. The van der Waals surface area contributed by atoms with Crippen molar-refractivity contribution < 1.29 is 4.79 Å². The van der Waals surface area contributed by atoms with Gasteiger partial charge in [0.15, 0.2) is 5.78 Å². The molecule has 0 aromatic carbocycles. The number of Topliss-reactive ketones (excluding diaryl/α,β-unsaturated/α-hetero) is 1. The van der Waals surface area contributed by atoms with Gasteiger partial charge in [-0.2, -0.15) is 0 Å². The Labute approximate surface area is 111 Å². The van der Waals surface area contributed by atoms with Gasteiger partial charge in [0.1, 0.15) is 0 Å². The number of allylic oxidation sites excluding steroid dienone is 4. The highest BCUT2D eigenvalue weighted by atomic mass is 16.1. The summed E-state index contributed by atoms with van der Waals surface area (Å²) in [4.78, 5) is 14.6. The highest BCUT2D eigenvalue weighted by Crippen LogP contribution is 2.26. The normalized spacial score (nSPS) is 22.8. The Morgan fingerprint density at radius 3 is 2.56 bits per heavy atom. The molecule has 0 saturated heterocycles. The molecule has 0 aromatic heterocycles. The number of carbonyl (C=O) groups is 1. The molecule has 2 nitrogen and oxygen atoms in total. The number of rotatable bonds is 3. The van der Waals surface area contributed by atoms with Crippen LogP contribution < -0.4 is 0 Å². The van der Waals surface area contributed by atoms with Gasteiger partial charge in [-0.25, -0.2) is 0 Å². The van der Waals surface area contributed by atoms with Crippen LogP contribution >= 0.6 is 0 Å². The molecule has 18 heavy (non-hydrogen) atoms. The zero-order chi connectivity index (χ0) is 13.7. The minimum absolute atomic E-state index is 0.133. The third-order valence-electron chi connectivity index (χ3n) is 3.37.